The fourth-order valence-corrected chi connectivity index (χ4v) is 3.20. The van der Waals surface area contributed by atoms with Gasteiger partial charge in [0, 0.05) is 13.1 Å². The topological polar surface area (TPSA) is 50.3 Å². The number of hydrogen-bond donors (Lipinski definition) is 0. The highest BCUT2D eigenvalue weighted by Gasteiger charge is 2.34. The van der Waals surface area contributed by atoms with Gasteiger partial charge in [0.25, 0.3) is 0 Å². The molecule has 1 aromatic rings. The van der Waals surface area contributed by atoms with Gasteiger partial charge in [0.05, 0.1) is 11.0 Å². The summed E-state index contributed by atoms with van der Waals surface area (Å²) in [7, 11) is -3.13. The molecule has 0 unspecified atom stereocenters. The quantitative estimate of drug-likeness (QED) is 0.791. The van der Waals surface area contributed by atoms with Gasteiger partial charge in [0.15, 0.2) is 9.84 Å². The molecule has 1 fully saturated rings. The fraction of sp³-hybridized carbons (Fsp3) is 0.545. The van der Waals surface area contributed by atoms with Gasteiger partial charge in [-0.2, -0.15) is 13.2 Å². The number of aromatic nitrogens is 1. The molecule has 19 heavy (non-hydrogen) atoms. The highest BCUT2D eigenvalue weighted by atomic mass is 32.2. The van der Waals surface area contributed by atoms with Gasteiger partial charge in [-0.1, -0.05) is 6.07 Å². The van der Waals surface area contributed by atoms with E-state index in [1.165, 1.54) is 12.1 Å². The first kappa shape index (κ1) is 14.1. The maximum atomic E-state index is 12.6. The van der Waals surface area contributed by atoms with Crippen molar-refractivity contribution in [3.05, 3.63) is 23.9 Å². The van der Waals surface area contributed by atoms with Gasteiger partial charge in [0.1, 0.15) is 11.5 Å². The van der Waals surface area contributed by atoms with E-state index in [2.05, 4.69) is 4.98 Å². The minimum Gasteiger partial charge on any atom is -0.354 e. The molecule has 0 aromatic carbocycles. The molecule has 1 aliphatic heterocycles. The highest BCUT2D eigenvalue weighted by molar-refractivity contribution is 7.92. The lowest BCUT2D eigenvalue weighted by Crippen LogP contribution is -2.46. The van der Waals surface area contributed by atoms with E-state index in [0.717, 1.165) is 6.07 Å². The minimum atomic E-state index is -4.50. The van der Waals surface area contributed by atoms with Crippen LogP contribution in [0.25, 0.3) is 0 Å². The molecule has 0 bridgehead atoms. The molecular weight excluding hydrogens is 281 g/mol. The maximum Gasteiger partial charge on any atom is 0.433 e. The van der Waals surface area contributed by atoms with Crippen LogP contribution in [0, 0.1) is 0 Å². The number of anilines is 1. The van der Waals surface area contributed by atoms with Crippen molar-refractivity contribution in [2.24, 2.45) is 0 Å². The van der Waals surface area contributed by atoms with E-state index in [9.17, 15) is 21.6 Å². The first-order valence-corrected chi connectivity index (χ1v) is 7.42. The monoisotopic (exact) mass is 294 g/mol. The van der Waals surface area contributed by atoms with Crippen LogP contribution in [0.15, 0.2) is 18.2 Å². The third kappa shape index (κ3) is 2.99. The molecule has 0 N–H and O–H groups in total. The Kier molecular flexibility index (Phi) is 3.46. The normalized spacial score (nSPS) is 23.4. The Morgan fingerprint density at radius 1 is 1.37 bits per heavy atom. The minimum absolute atomic E-state index is 0.0634. The summed E-state index contributed by atoms with van der Waals surface area (Å²) in [5.41, 5.74) is -0.967. The van der Waals surface area contributed by atoms with E-state index in [-0.39, 0.29) is 24.7 Å². The van der Waals surface area contributed by atoms with Crippen molar-refractivity contribution in [3.8, 4) is 0 Å². The van der Waals surface area contributed by atoms with E-state index >= 15 is 0 Å². The third-order valence-corrected chi connectivity index (χ3v) is 5.21. The van der Waals surface area contributed by atoms with Gasteiger partial charge in [-0.15, -0.1) is 0 Å². The van der Waals surface area contributed by atoms with E-state index in [4.69, 9.17) is 0 Å². The van der Waals surface area contributed by atoms with Crippen molar-refractivity contribution in [1.82, 2.24) is 4.98 Å². The number of rotatable bonds is 1. The smallest absolute Gasteiger partial charge is 0.354 e. The summed E-state index contributed by atoms with van der Waals surface area (Å²) < 4.78 is 60.8. The zero-order valence-corrected chi connectivity index (χ0v) is 11.0. The van der Waals surface area contributed by atoms with Gasteiger partial charge >= 0.3 is 6.18 Å². The van der Waals surface area contributed by atoms with Crippen LogP contribution < -0.4 is 4.90 Å². The van der Waals surface area contributed by atoms with E-state index in [1.54, 1.807) is 11.8 Å². The maximum absolute atomic E-state index is 12.6. The van der Waals surface area contributed by atoms with Crippen LogP contribution in [0.5, 0.6) is 0 Å². The van der Waals surface area contributed by atoms with Crippen LogP contribution in [0.4, 0.5) is 19.0 Å². The zero-order valence-electron chi connectivity index (χ0n) is 10.2. The summed E-state index contributed by atoms with van der Waals surface area (Å²) in [6, 6.07) is 3.63. The number of alkyl halides is 3. The summed E-state index contributed by atoms with van der Waals surface area (Å²) in [4.78, 5) is 5.13. The van der Waals surface area contributed by atoms with Crippen LogP contribution in [-0.4, -0.2) is 37.5 Å². The van der Waals surface area contributed by atoms with E-state index < -0.39 is 27.0 Å². The predicted molar refractivity (Wildman–Crippen MR) is 64.7 cm³/mol. The summed E-state index contributed by atoms with van der Waals surface area (Å²) in [6.07, 6.45) is -4.50. The average molecular weight is 294 g/mol. The zero-order chi connectivity index (χ0) is 14.3. The Morgan fingerprint density at radius 3 is 2.63 bits per heavy atom. The molecule has 106 valence electrons. The van der Waals surface area contributed by atoms with E-state index in [1.807, 2.05) is 0 Å². The standard InChI is InChI=1S/C11H13F3N2O2S/c1-8-7-16(5-6-19(8,17)18)10-4-2-3-9(15-10)11(12,13)14/h2-4,8H,5-7H2,1H3/t8-/m1/s1. The van der Waals surface area contributed by atoms with Crippen molar-refractivity contribution >= 4 is 15.7 Å². The Morgan fingerprint density at radius 2 is 2.05 bits per heavy atom. The molecule has 4 nitrogen and oxygen atoms in total. The lowest BCUT2D eigenvalue weighted by Gasteiger charge is -2.31. The van der Waals surface area contributed by atoms with Gasteiger partial charge in [-0.25, -0.2) is 13.4 Å². The molecule has 1 atom stereocenters. The second-order valence-corrected chi connectivity index (χ2v) is 7.04. The van der Waals surface area contributed by atoms with Crippen molar-refractivity contribution in [2.45, 2.75) is 18.3 Å². The Bertz CT molecular complexity index is 572. The van der Waals surface area contributed by atoms with Crippen molar-refractivity contribution < 1.29 is 21.6 Å². The predicted octanol–water partition coefficient (Wildman–Crippen LogP) is 1.72. The van der Waals surface area contributed by atoms with Gasteiger partial charge < -0.3 is 4.90 Å². The lowest BCUT2D eigenvalue weighted by atomic mass is 10.3. The summed E-state index contributed by atoms with van der Waals surface area (Å²) in [5, 5.41) is -0.599. The number of nitrogens with zero attached hydrogens (tertiary/aromatic N) is 2. The second-order valence-electron chi connectivity index (χ2n) is 4.50. The molecule has 0 aliphatic carbocycles. The largest absolute Gasteiger partial charge is 0.433 e. The molecule has 2 rings (SSSR count). The molecule has 2 heterocycles. The molecule has 0 spiro atoms. The van der Waals surface area contributed by atoms with Crippen LogP contribution in [0.3, 0.4) is 0 Å². The van der Waals surface area contributed by atoms with Crippen LogP contribution in [0.2, 0.25) is 0 Å². The van der Waals surface area contributed by atoms with Gasteiger partial charge in [-0.3, -0.25) is 0 Å². The molecule has 0 saturated carbocycles. The molecule has 1 saturated heterocycles. The lowest BCUT2D eigenvalue weighted by molar-refractivity contribution is -0.141. The van der Waals surface area contributed by atoms with Crippen LogP contribution in [0.1, 0.15) is 12.6 Å². The molecule has 1 aliphatic rings. The Hall–Kier alpha value is -1.31. The Labute approximate surface area is 109 Å². The summed E-state index contributed by atoms with van der Waals surface area (Å²) in [6.45, 7) is 1.88. The molecule has 8 heteroatoms. The van der Waals surface area contributed by atoms with Crippen LogP contribution in [-0.2, 0) is 16.0 Å². The summed E-state index contributed by atoms with van der Waals surface area (Å²) in [5.74, 6) is 0.100. The molecule has 0 radical (unpaired) electrons. The molecular formula is C11H13F3N2O2S. The fourth-order valence-electron chi connectivity index (χ4n) is 1.92. The first-order valence-electron chi connectivity index (χ1n) is 5.71. The number of hydrogen-bond acceptors (Lipinski definition) is 4. The average Bonchev–Trinajstić information content (AvgIpc) is 2.32. The first-order chi connectivity index (χ1) is 8.70. The van der Waals surface area contributed by atoms with Crippen molar-refractivity contribution in [3.63, 3.8) is 0 Å². The summed E-state index contributed by atoms with van der Waals surface area (Å²) >= 11 is 0. The molecule has 1 aromatic heterocycles. The SMILES string of the molecule is C[C@@H]1CN(c2cccc(C(F)(F)F)n2)CCS1(=O)=O. The highest BCUT2D eigenvalue weighted by Crippen LogP contribution is 2.29. The van der Waals surface area contributed by atoms with Crippen molar-refractivity contribution in [2.75, 3.05) is 23.7 Å². The molecule has 0 amide bonds. The van der Waals surface area contributed by atoms with Gasteiger partial charge in [0.2, 0.25) is 0 Å². The second kappa shape index (κ2) is 4.66. The van der Waals surface area contributed by atoms with E-state index in [0.29, 0.717) is 0 Å². The number of halogens is 3. The third-order valence-electron chi connectivity index (χ3n) is 3.09. The number of sulfone groups is 1. The number of pyridine rings is 1. The van der Waals surface area contributed by atoms with Gasteiger partial charge in [-0.05, 0) is 19.1 Å². The van der Waals surface area contributed by atoms with Crippen molar-refractivity contribution in [1.29, 1.82) is 0 Å². The Balaban J connectivity index is 2.25. The van der Waals surface area contributed by atoms with Crippen LogP contribution >= 0.6 is 0 Å².